The minimum absolute atomic E-state index is 0.0843. The average molecular weight is 429 g/mol. The molecule has 0 fully saturated rings. The molecule has 31 heavy (non-hydrogen) atoms. The van der Waals surface area contributed by atoms with Gasteiger partial charge in [0, 0.05) is 20.6 Å². The number of hydrogen-bond donors (Lipinski definition) is 1. The van der Waals surface area contributed by atoms with Crippen molar-refractivity contribution in [2.75, 3.05) is 13.2 Å². The van der Waals surface area contributed by atoms with E-state index in [2.05, 4.69) is 10.3 Å². The van der Waals surface area contributed by atoms with Gasteiger partial charge < -0.3 is 19.4 Å². The smallest absolute Gasteiger partial charge is 0.407 e. The standard InChI is InChI=1S/C20H23N5O6/c1-23-17-16(18(27)24(2)20(23)29)25(13-22-17)11-15(26)30-10-6-9-21-19(28)31-12-14-7-4-3-5-8-14/h3-5,7-8,13H,6,9-12H2,1-2H3,(H,21,28). The highest BCUT2D eigenvalue weighted by Crippen LogP contribution is 2.05. The number of amides is 1. The molecule has 0 saturated heterocycles. The van der Waals surface area contributed by atoms with Crippen molar-refractivity contribution in [1.82, 2.24) is 24.0 Å². The van der Waals surface area contributed by atoms with Gasteiger partial charge in [-0.1, -0.05) is 30.3 Å². The Morgan fingerprint density at radius 3 is 2.55 bits per heavy atom. The van der Waals surface area contributed by atoms with Crippen molar-refractivity contribution in [1.29, 1.82) is 0 Å². The summed E-state index contributed by atoms with van der Waals surface area (Å²) in [5.41, 5.74) is 0.179. The van der Waals surface area contributed by atoms with Gasteiger partial charge in [0.15, 0.2) is 11.2 Å². The monoisotopic (exact) mass is 429 g/mol. The fraction of sp³-hybridized carbons (Fsp3) is 0.350. The van der Waals surface area contributed by atoms with Crippen LogP contribution in [0.5, 0.6) is 0 Å². The molecule has 2 aromatic heterocycles. The van der Waals surface area contributed by atoms with Crippen LogP contribution in [0, 0.1) is 0 Å². The van der Waals surface area contributed by atoms with Gasteiger partial charge in [0.25, 0.3) is 5.56 Å². The number of nitrogens with zero attached hydrogens (tertiary/aromatic N) is 4. The third-order valence-corrected chi connectivity index (χ3v) is 4.58. The van der Waals surface area contributed by atoms with Crippen LogP contribution in [-0.2, 0) is 41.5 Å². The maximum atomic E-state index is 12.4. The molecule has 0 saturated carbocycles. The lowest BCUT2D eigenvalue weighted by Crippen LogP contribution is -2.37. The number of carbonyl (C=O) groups excluding carboxylic acids is 2. The summed E-state index contributed by atoms with van der Waals surface area (Å²) in [6, 6.07) is 9.30. The van der Waals surface area contributed by atoms with E-state index < -0.39 is 23.3 Å². The third kappa shape index (κ3) is 5.18. The number of imidazole rings is 1. The predicted octanol–water partition coefficient (Wildman–Crippen LogP) is 0.293. The highest BCUT2D eigenvalue weighted by atomic mass is 16.5. The average Bonchev–Trinajstić information content (AvgIpc) is 3.18. The lowest BCUT2D eigenvalue weighted by Gasteiger charge is -2.09. The van der Waals surface area contributed by atoms with Gasteiger partial charge in [0.2, 0.25) is 0 Å². The molecule has 0 unspecified atom stereocenters. The lowest BCUT2D eigenvalue weighted by atomic mass is 10.2. The van der Waals surface area contributed by atoms with Crippen molar-refractivity contribution in [3.8, 4) is 0 Å². The number of nitrogens with one attached hydrogen (secondary N) is 1. The number of fused-ring (bicyclic) bond motifs is 1. The Balaban J connectivity index is 1.42. The number of esters is 1. The Hall–Kier alpha value is -3.89. The molecule has 0 aliphatic carbocycles. The largest absolute Gasteiger partial charge is 0.464 e. The summed E-state index contributed by atoms with van der Waals surface area (Å²) in [5, 5.41) is 2.58. The maximum absolute atomic E-state index is 12.4. The summed E-state index contributed by atoms with van der Waals surface area (Å²) >= 11 is 0. The van der Waals surface area contributed by atoms with E-state index in [9.17, 15) is 19.2 Å². The number of rotatable bonds is 8. The Kier molecular flexibility index (Phi) is 6.85. The van der Waals surface area contributed by atoms with Crippen LogP contribution in [-0.4, -0.2) is 43.9 Å². The van der Waals surface area contributed by atoms with Gasteiger partial charge in [0.05, 0.1) is 12.9 Å². The predicted molar refractivity (Wildman–Crippen MR) is 110 cm³/mol. The fourth-order valence-corrected chi connectivity index (χ4v) is 2.92. The van der Waals surface area contributed by atoms with E-state index in [1.807, 2.05) is 30.3 Å². The number of alkyl carbamates (subject to hydrolysis) is 1. The number of carbonyl (C=O) groups is 2. The van der Waals surface area contributed by atoms with Crippen molar-refractivity contribution in [3.05, 3.63) is 63.1 Å². The van der Waals surface area contributed by atoms with Gasteiger partial charge in [0.1, 0.15) is 13.2 Å². The van der Waals surface area contributed by atoms with Gasteiger partial charge in [-0.25, -0.2) is 14.6 Å². The molecule has 0 aliphatic heterocycles. The first-order valence-corrected chi connectivity index (χ1v) is 9.59. The first kappa shape index (κ1) is 21.8. The highest BCUT2D eigenvalue weighted by molar-refractivity contribution is 5.75. The van der Waals surface area contributed by atoms with Crippen LogP contribution in [0.25, 0.3) is 11.2 Å². The van der Waals surface area contributed by atoms with Gasteiger partial charge in [-0.05, 0) is 12.0 Å². The molecule has 3 aromatic rings. The molecule has 3 rings (SSSR count). The molecule has 2 heterocycles. The molecule has 11 heteroatoms. The van der Waals surface area contributed by atoms with Crippen molar-refractivity contribution >= 4 is 23.2 Å². The molecule has 164 valence electrons. The number of hydrogen-bond acceptors (Lipinski definition) is 7. The lowest BCUT2D eigenvalue weighted by molar-refractivity contribution is -0.144. The molecule has 1 N–H and O–H groups in total. The highest BCUT2D eigenvalue weighted by Gasteiger charge is 2.16. The van der Waals surface area contributed by atoms with Crippen molar-refractivity contribution in [3.63, 3.8) is 0 Å². The Morgan fingerprint density at radius 1 is 1.06 bits per heavy atom. The fourth-order valence-electron chi connectivity index (χ4n) is 2.92. The first-order chi connectivity index (χ1) is 14.9. The minimum atomic E-state index is -0.568. The summed E-state index contributed by atoms with van der Waals surface area (Å²) in [5.74, 6) is -0.568. The second-order valence-corrected chi connectivity index (χ2v) is 6.81. The van der Waals surface area contributed by atoms with Crippen LogP contribution in [0.4, 0.5) is 4.79 Å². The number of ether oxygens (including phenoxy) is 2. The SMILES string of the molecule is Cn1c(=O)c2c(ncn2CC(=O)OCCCNC(=O)OCc2ccccc2)n(C)c1=O. The van der Waals surface area contributed by atoms with E-state index in [1.54, 1.807) is 0 Å². The van der Waals surface area contributed by atoms with Crippen LogP contribution in [0.15, 0.2) is 46.2 Å². The molecule has 11 nitrogen and oxygen atoms in total. The molecule has 1 aromatic carbocycles. The molecule has 1 amide bonds. The van der Waals surface area contributed by atoms with Gasteiger partial charge in [-0.15, -0.1) is 0 Å². The quantitative estimate of drug-likeness (QED) is 0.403. The second kappa shape index (κ2) is 9.74. The maximum Gasteiger partial charge on any atom is 0.407 e. The van der Waals surface area contributed by atoms with Crippen molar-refractivity contribution in [2.24, 2.45) is 14.1 Å². The minimum Gasteiger partial charge on any atom is -0.464 e. The van der Waals surface area contributed by atoms with Crippen LogP contribution in [0.3, 0.4) is 0 Å². The number of benzene rings is 1. The molecule has 0 radical (unpaired) electrons. The van der Waals surface area contributed by atoms with Gasteiger partial charge in [-0.2, -0.15) is 0 Å². The van der Waals surface area contributed by atoms with Gasteiger partial charge in [-0.3, -0.25) is 18.7 Å². The van der Waals surface area contributed by atoms with E-state index in [4.69, 9.17) is 9.47 Å². The number of aromatic nitrogens is 4. The zero-order valence-electron chi connectivity index (χ0n) is 17.2. The Bertz CT molecular complexity index is 1190. The van der Waals surface area contributed by atoms with E-state index in [-0.39, 0.29) is 37.5 Å². The summed E-state index contributed by atoms with van der Waals surface area (Å²) in [7, 11) is 2.86. The van der Waals surface area contributed by atoms with Crippen molar-refractivity contribution < 1.29 is 19.1 Å². The number of aryl methyl sites for hydroxylation is 1. The summed E-state index contributed by atoms with van der Waals surface area (Å²) in [6.07, 6.45) is 1.16. The van der Waals surface area contributed by atoms with E-state index >= 15 is 0 Å². The molecule has 0 spiro atoms. The molecule has 0 aliphatic rings. The molecule has 0 atom stereocenters. The molecular weight excluding hydrogens is 406 g/mol. The van der Waals surface area contributed by atoms with Crippen molar-refractivity contribution in [2.45, 2.75) is 19.6 Å². The van der Waals surface area contributed by atoms with Gasteiger partial charge >= 0.3 is 17.8 Å². The second-order valence-electron chi connectivity index (χ2n) is 6.81. The third-order valence-electron chi connectivity index (χ3n) is 4.58. The molecular formula is C20H23N5O6. The topological polar surface area (TPSA) is 126 Å². The Morgan fingerprint density at radius 2 is 1.81 bits per heavy atom. The zero-order valence-corrected chi connectivity index (χ0v) is 17.2. The van der Waals surface area contributed by atoms with Crippen LogP contribution < -0.4 is 16.6 Å². The summed E-state index contributed by atoms with van der Waals surface area (Å²) < 4.78 is 13.8. The Labute approximate surface area is 176 Å². The van der Waals surface area contributed by atoms with E-state index in [0.717, 1.165) is 10.1 Å². The van der Waals surface area contributed by atoms with E-state index in [1.165, 1.54) is 29.6 Å². The molecule has 0 bridgehead atoms. The first-order valence-electron chi connectivity index (χ1n) is 9.59. The summed E-state index contributed by atoms with van der Waals surface area (Å²) in [4.78, 5) is 52.1. The normalized spacial score (nSPS) is 10.8. The van der Waals surface area contributed by atoms with E-state index in [0.29, 0.717) is 6.42 Å². The van der Waals surface area contributed by atoms with Crippen LogP contribution in [0.2, 0.25) is 0 Å². The van der Waals surface area contributed by atoms with Crippen LogP contribution >= 0.6 is 0 Å². The van der Waals surface area contributed by atoms with Crippen LogP contribution in [0.1, 0.15) is 12.0 Å². The summed E-state index contributed by atoms with van der Waals surface area (Å²) in [6.45, 7) is 0.306. The zero-order chi connectivity index (χ0) is 22.4.